The van der Waals surface area contributed by atoms with Crippen LogP contribution in [0.25, 0.3) is 5.69 Å². The lowest BCUT2D eigenvalue weighted by atomic mass is 9.80. The summed E-state index contributed by atoms with van der Waals surface area (Å²) in [5.41, 5.74) is -0.457. The summed E-state index contributed by atoms with van der Waals surface area (Å²) in [6.07, 6.45) is -4.71. The lowest BCUT2D eigenvalue weighted by molar-refractivity contribution is -0.137. The molecule has 4 aromatic rings. The molecule has 0 saturated carbocycles. The minimum absolute atomic E-state index is 0.0640. The number of benzene rings is 3. The van der Waals surface area contributed by atoms with Gasteiger partial charge >= 0.3 is 6.18 Å². The number of likely N-dealkylation sites (N-methyl/N-ethyl adjacent to an activating group) is 1. The largest absolute Gasteiger partial charge is 0.416 e. The Bertz CT molecular complexity index is 1830. The number of aromatic nitrogens is 2. The van der Waals surface area contributed by atoms with Crippen LogP contribution in [-0.4, -0.2) is 58.1 Å². The van der Waals surface area contributed by atoms with Gasteiger partial charge in [-0.1, -0.05) is 36.4 Å². The van der Waals surface area contributed by atoms with Crippen molar-refractivity contribution in [1.82, 2.24) is 20.0 Å². The highest BCUT2D eigenvalue weighted by Gasteiger charge is 2.47. The van der Waals surface area contributed by atoms with Crippen molar-refractivity contribution in [1.29, 1.82) is 5.26 Å². The van der Waals surface area contributed by atoms with Crippen molar-refractivity contribution in [3.8, 4) is 11.8 Å². The molecular weight excluding hydrogens is 604 g/mol. The van der Waals surface area contributed by atoms with E-state index in [9.17, 15) is 37.2 Å². The summed E-state index contributed by atoms with van der Waals surface area (Å²) < 4.78 is 55.9. The molecule has 0 saturated heterocycles. The fraction of sp³-hybridized carbons (Fsp3) is 0.242. The first-order valence-electron chi connectivity index (χ1n) is 14.3. The van der Waals surface area contributed by atoms with E-state index in [4.69, 9.17) is 0 Å². The van der Waals surface area contributed by atoms with E-state index in [-0.39, 0.29) is 29.2 Å². The number of nitriles is 1. The van der Waals surface area contributed by atoms with Crippen LogP contribution in [0.3, 0.4) is 0 Å². The topological polar surface area (TPSA) is 111 Å². The molecule has 0 bridgehead atoms. The fourth-order valence-electron chi connectivity index (χ4n) is 5.43. The Labute approximate surface area is 261 Å². The Morgan fingerprint density at radius 3 is 2.35 bits per heavy atom. The molecule has 46 heavy (non-hydrogen) atoms. The number of hydrogen-bond donors (Lipinski definition) is 1. The third-order valence-electron chi connectivity index (χ3n) is 7.90. The Balaban J connectivity index is 1.75. The van der Waals surface area contributed by atoms with E-state index in [0.29, 0.717) is 17.3 Å². The van der Waals surface area contributed by atoms with Gasteiger partial charge in [0.15, 0.2) is 5.69 Å². The Kier molecular flexibility index (Phi) is 8.65. The molecular formula is C33H28F4N6O3. The number of carbonyl (C=O) groups excluding carboxylic acids is 3. The maximum atomic E-state index is 14.3. The van der Waals surface area contributed by atoms with Gasteiger partial charge in [-0.15, -0.1) is 0 Å². The third kappa shape index (κ3) is 5.81. The minimum atomic E-state index is -4.71. The van der Waals surface area contributed by atoms with Gasteiger partial charge < -0.3 is 10.2 Å². The number of fused-ring (bicyclic) bond motifs is 1. The van der Waals surface area contributed by atoms with E-state index >= 15 is 0 Å². The van der Waals surface area contributed by atoms with Crippen molar-refractivity contribution in [2.75, 3.05) is 18.5 Å². The third-order valence-corrected chi connectivity index (χ3v) is 7.90. The number of alkyl halides is 3. The fourth-order valence-corrected chi connectivity index (χ4v) is 5.43. The molecule has 9 nitrogen and oxygen atoms in total. The summed E-state index contributed by atoms with van der Waals surface area (Å²) in [5, 5.41) is 16.8. The average molecular weight is 633 g/mol. The predicted molar refractivity (Wildman–Crippen MR) is 160 cm³/mol. The molecule has 0 radical (unpaired) electrons. The maximum absolute atomic E-state index is 14.3. The first-order valence-corrected chi connectivity index (χ1v) is 14.3. The first-order chi connectivity index (χ1) is 21.9. The van der Waals surface area contributed by atoms with E-state index in [0.717, 1.165) is 24.3 Å². The van der Waals surface area contributed by atoms with Crippen molar-refractivity contribution in [3.63, 3.8) is 0 Å². The second-order valence-corrected chi connectivity index (χ2v) is 10.7. The number of nitrogens with zero attached hydrogens (tertiary/aromatic N) is 5. The molecule has 0 fully saturated rings. The lowest BCUT2D eigenvalue weighted by Crippen LogP contribution is -2.55. The Hall–Kier alpha value is -5.51. The highest BCUT2D eigenvalue weighted by Crippen LogP contribution is 2.44. The van der Waals surface area contributed by atoms with Crippen LogP contribution in [0.4, 0.5) is 23.4 Å². The first kappa shape index (κ1) is 31.9. The van der Waals surface area contributed by atoms with Gasteiger partial charge in [0, 0.05) is 30.6 Å². The predicted octanol–water partition coefficient (Wildman–Crippen LogP) is 5.31. The number of para-hydroxylation sites is 1. The Morgan fingerprint density at radius 1 is 1.07 bits per heavy atom. The van der Waals surface area contributed by atoms with Crippen molar-refractivity contribution in [2.45, 2.75) is 38.0 Å². The quantitative estimate of drug-likeness (QED) is 0.278. The number of amides is 3. The van der Waals surface area contributed by atoms with E-state index in [1.54, 1.807) is 37.3 Å². The molecule has 0 spiro atoms. The second kappa shape index (κ2) is 12.5. The molecule has 3 aromatic carbocycles. The van der Waals surface area contributed by atoms with E-state index in [1.807, 2.05) is 6.07 Å². The monoisotopic (exact) mass is 632 g/mol. The van der Waals surface area contributed by atoms with Gasteiger partial charge in [0.05, 0.1) is 17.3 Å². The van der Waals surface area contributed by atoms with Crippen LogP contribution in [-0.2, 0) is 11.0 Å². The molecule has 5 rings (SSSR count). The summed E-state index contributed by atoms with van der Waals surface area (Å²) in [6.45, 7) is 3.27. The van der Waals surface area contributed by atoms with Crippen molar-refractivity contribution in [3.05, 3.63) is 113 Å². The molecule has 3 atom stereocenters. The van der Waals surface area contributed by atoms with E-state index in [1.165, 1.54) is 46.7 Å². The average Bonchev–Trinajstić information content (AvgIpc) is 3.44. The number of hydrogen-bond acceptors (Lipinski definition) is 5. The molecule has 1 N–H and O–H groups in total. The van der Waals surface area contributed by atoms with Crippen LogP contribution in [0.1, 0.15) is 57.3 Å². The maximum Gasteiger partial charge on any atom is 0.416 e. The molecule has 2 heterocycles. The van der Waals surface area contributed by atoms with Gasteiger partial charge in [-0.2, -0.15) is 23.5 Å². The van der Waals surface area contributed by atoms with Gasteiger partial charge in [-0.05, 0) is 61.9 Å². The van der Waals surface area contributed by atoms with Gasteiger partial charge in [-0.25, -0.2) is 9.07 Å². The second-order valence-electron chi connectivity index (χ2n) is 10.7. The number of anilines is 1. The van der Waals surface area contributed by atoms with Gasteiger partial charge in [0.1, 0.15) is 23.7 Å². The van der Waals surface area contributed by atoms with Crippen LogP contribution in [0.15, 0.2) is 78.9 Å². The minimum Gasteiger partial charge on any atom is -0.339 e. The molecule has 0 unspecified atom stereocenters. The van der Waals surface area contributed by atoms with Crippen LogP contribution in [0, 0.1) is 17.1 Å². The molecule has 0 aliphatic carbocycles. The van der Waals surface area contributed by atoms with Crippen LogP contribution < -0.4 is 10.2 Å². The summed E-state index contributed by atoms with van der Waals surface area (Å²) in [4.78, 5) is 44.3. The van der Waals surface area contributed by atoms with Crippen LogP contribution in [0.2, 0.25) is 0 Å². The summed E-state index contributed by atoms with van der Waals surface area (Å²) in [5.74, 6) is -3.74. The molecule has 1 aromatic heterocycles. The van der Waals surface area contributed by atoms with Gasteiger partial charge in [0.25, 0.3) is 17.7 Å². The zero-order valence-electron chi connectivity index (χ0n) is 24.9. The van der Waals surface area contributed by atoms with Crippen LogP contribution in [0.5, 0.6) is 0 Å². The van der Waals surface area contributed by atoms with Crippen molar-refractivity contribution in [2.24, 2.45) is 0 Å². The summed E-state index contributed by atoms with van der Waals surface area (Å²) in [7, 11) is 1.43. The number of rotatable bonds is 7. The molecule has 1 aliphatic rings. The molecule has 236 valence electrons. The van der Waals surface area contributed by atoms with Crippen molar-refractivity contribution >= 4 is 23.5 Å². The van der Waals surface area contributed by atoms with Crippen LogP contribution >= 0.6 is 0 Å². The van der Waals surface area contributed by atoms with Gasteiger partial charge in [-0.3, -0.25) is 19.3 Å². The van der Waals surface area contributed by atoms with E-state index in [2.05, 4.69) is 10.4 Å². The highest BCUT2D eigenvalue weighted by molar-refractivity contribution is 6.07. The summed E-state index contributed by atoms with van der Waals surface area (Å²) >= 11 is 0. The van der Waals surface area contributed by atoms with Crippen molar-refractivity contribution < 1.29 is 31.9 Å². The molecule has 3 amide bonds. The summed E-state index contributed by atoms with van der Waals surface area (Å²) in [6, 6.07) is 17.3. The Morgan fingerprint density at radius 2 is 1.74 bits per heavy atom. The number of halogens is 4. The number of carbonyl (C=O) groups is 3. The standard InChI is InChI=1S/C33H28F4N6O3/c1-4-42-30-26(28(31(45)41(3)19(2)18-38)40-43(30)24-11-6-5-7-12-24)25(20-13-15-23(34)16-14-20)27(32(42)46)39-29(44)21-9-8-10-22(17-21)33(35,36)37/h5-17,19,25,27H,4H2,1-3H3,(H,39,44)/t19-,25-,27-/m0/s1. The highest BCUT2D eigenvalue weighted by atomic mass is 19.4. The zero-order chi connectivity index (χ0) is 33.3. The molecule has 1 aliphatic heterocycles. The SMILES string of the molecule is CCN1C(=O)[C@@H](NC(=O)c2cccc(C(F)(F)F)c2)[C@@H](c2ccc(F)cc2)c2c(C(=O)N(C)[C@@H](C)C#N)nn(-c3ccccc3)c21. The lowest BCUT2D eigenvalue weighted by Gasteiger charge is -2.38. The smallest absolute Gasteiger partial charge is 0.339 e. The zero-order valence-corrected chi connectivity index (χ0v) is 24.9. The van der Waals surface area contributed by atoms with Gasteiger partial charge in [0.2, 0.25) is 0 Å². The number of nitrogens with one attached hydrogen (secondary N) is 1. The molecule has 13 heteroatoms. The van der Waals surface area contributed by atoms with E-state index < -0.39 is 53.3 Å². The normalized spacial score (nSPS) is 16.7.